The first-order valence-electron chi connectivity index (χ1n) is 4.28. The number of nitrogen functional groups attached to an aromatic ring is 1. The van der Waals surface area contributed by atoms with Crippen molar-refractivity contribution in [2.75, 3.05) is 5.73 Å². The van der Waals surface area contributed by atoms with Crippen molar-refractivity contribution in [3.8, 4) is 6.07 Å². The number of nitrogens with zero attached hydrogens (tertiary/aromatic N) is 2. The van der Waals surface area contributed by atoms with E-state index in [2.05, 4.69) is 26.8 Å². The van der Waals surface area contributed by atoms with Gasteiger partial charge in [-0.3, -0.25) is 0 Å². The van der Waals surface area contributed by atoms with Gasteiger partial charge in [-0.1, -0.05) is 20.8 Å². The minimum Gasteiger partial charge on any atom is -0.385 e. The summed E-state index contributed by atoms with van der Waals surface area (Å²) in [5, 5.41) is 8.65. The summed E-state index contributed by atoms with van der Waals surface area (Å²) in [6.45, 7) is 7.25. The van der Waals surface area contributed by atoms with Gasteiger partial charge in [0, 0.05) is 12.7 Å². The van der Waals surface area contributed by atoms with E-state index in [1.807, 2.05) is 4.57 Å². The maximum absolute atomic E-state index is 8.65. The molecule has 0 aliphatic heterocycles. The fourth-order valence-electron chi connectivity index (χ4n) is 1.23. The van der Waals surface area contributed by atoms with Gasteiger partial charge in [0.15, 0.2) is 0 Å². The van der Waals surface area contributed by atoms with Crippen molar-refractivity contribution in [2.24, 2.45) is 5.41 Å². The van der Waals surface area contributed by atoms with E-state index in [0.29, 0.717) is 11.4 Å². The van der Waals surface area contributed by atoms with Gasteiger partial charge >= 0.3 is 0 Å². The summed E-state index contributed by atoms with van der Waals surface area (Å²) in [5.41, 5.74) is 6.54. The summed E-state index contributed by atoms with van der Waals surface area (Å²) in [7, 11) is 0. The van der Waals surface area contributed by atoms with Gasteiger partial charge < -0.3 is 10.3 Å². The maximum atomic E-state index is 8.65. The van der Waals surface area contributed by atoms with Crippen molar-refractivity contribution in [1.29, 1.82) is 5.26 Å². The smallest absolute Gasteiger partial charge is 0.104 e. The summed E-state index contributed by atoms with van der Waals surface area (Å²) in [5.74, 6) is 0.659. The number of rotatable bonds is 1. The van der Waals surface area contributed by atoms with E-state index in [1.54, 1.807) is 12.3 Å². The van der Waals surface area contributed by atoms with Crippen molar-refractivity contribution in [3.63, 3.8) is 0 Å². The van der Waals surface area contributed by atoms with Crippen LogP contribution in [-0.2, 0) is 6.54 Å². The molecule has 0 atom stereocenters. The molecule has 1 rings (SSSR count). The van der Waals surface area contributed by atoms with Crippen molar-refractivity contribution >= 4 is 5.82 Å². The lowest BCUT2D eigenvalue weighted by Gasteiger charge is -2.19. The molecular formula is C10H15N3. The molecule has 70 valence electrons. The van der Waals surface area contributed by atoms with Gasteiger partial charge in [0.05, 0.1) is 5.56 Å². The quantitative estimate of drug-likeness (QED) is 0.713. The molecule has 0 aliphatic rings. The molecule has 0 saturated carbocycles. The first kappa shape index (κ1) is 9.66. The van der Waals surface area contributed by atoms with Crippen molar-refractivity contribution in [3.05, 3.63) is 17.8 Å². The Kier molecular flexibility index (Phi) is 2.33. The van der Waals surface area contributed by atoms with Crippen LogP contribution in [0.25, 0.3) is 0 Å². The Balaban J connectivity index is 2.91. The van der Waals surface area contributed by atoms with Crippen LogP contribution in [0.4, 0.5) is 5.82 Å². The van der Waals surface area contributed by atoms with Crippen LogP contribution < -0.4 is 5.73 Å². The van der Waals surface area contributed by atoms with Gasteiger partial charge in [-0.15, -0.1) is 0 Å². The zero-order valence-electron chi connectivity index (χ0n) is 8.33. The van der Waals surface area contributed by atoms with Crippen LogP contribution in [0.5, 0.6) is 0 Å². The molecule has 0 aliphatic carbocycles. The Bertz CT molecular complexity index is 336. The molecule has 0 aromatic carbocycles. The van der Waals surface area contributed by atoms with E-state index in [1.165, 1.54) is 0 Å². The van der Waals surface area contributed by atoms with Crippen molar-refractivity contribution in [1.82, 2.24) is 4.57 Å². The third kappa shape index (κ3) is 2.51. The first-order valence-corrected chi connectivity index (χ1v) is 4.28. The molecule has 0 unspecified atom stereocenters. The average Bonchev–Trinajstić information content (AvgIpc) is 2.29. The average molecular weight is 177 g/mol. The first-order chi connectivity index (χ1) is 5.92. The van der Waals surface area contributed by atoms with E-state index in [-0.39, 0.29) is 5.41 Å². The highest BCUT2D eigenvalue weighted by Gasteiger charge is 2.13. The second-order valence-electron chi connectivity index (χ2n) is 4.45. The third-order valence-electron chi connectivity index (χ3n) is 1.70. The van der Waals surface area contributed by atoms with Crippen LogP contribution in [0.1, 0.15) is 26.3 Å². The highest BCUT2D eigenvalue weighted by Crippen LogP contribution is 2.20. The fraction of sp³-hybridized carbons (Fsp3) is 0.500. The largest absolute Gasteiger partial charge is 0.385 e. The molecule has 13 heavy (non-hydrogen) atoms. The Morgan fingerprint density at radius 1 is 1.54 bits per heavy atom. The lowest BCUT2D eigenvalue weighted by molar-refractivity contribution is 0.346. The van der Waals surface area contributed by atoms with Gasteiger partial charge in [0.2, 0.25) is 0 Å². The lowest BCUT2D eigenvalue weighted by atomic mass is 9.97. The van der Waals surface area contributed by atoms with Gasteiger partial charge in [-0.25, -0.2) is 0 Å². The zero-order chi connectivity index (χ0) is 10.1. The second-order valence-corrected chi connectivity index (χ2v) is 4.45. The van der Waals surface area contributed by atoms with Gasteiger partial charge in [-0.2, -0.15) is 5.26 Å². The van der Waals surface area contributed by atoms with E-state index >= 15 is 0 Å². The maximum Gasteiger partial charge on any atom is 0.104 e. The topological polar surface area (TPSA) is 54.7 Å². The number of nitriles is 1. The van der Waals surface area contributed by atoms with Crippen LogP contribution in [0.3, 0.4) is 0 Å². The van der Waals surface area contributed by atoms with Crippen LogP contribution in [0, 0.1) is 16.7 Å². The third-order valence-corrected chi connectivity index (χ3v) is 1.70. The molecule has 2 N–H and O–H groups in total. The summed E-state index contributed by atoms with van der Waals surface area (Å²) in [4.78, 5) is 0. The SMILES string of the molecule is CC(C)(C)Cn1cc(C#N)cc1N. The molecular weight excluding hydrogens is 162 g/mol. The standard InChI is InChI=1S/C10H15N3/c1-10(2,3)7-13-6-8(5-11)4-9(13)12/h4,6H,7,12H2,1-3H3. The van der Waals surface area contributed by atoms with Gasteiger partial charge in [-0.05, 0) is 11.5 Å². The second kappa shape index (κ2) is 3.14. The van der Waals surface area contributed by atoms with E-state index in [4.69, 9.17) is 11.0 Å². The molecule has 1 heterocycles. The summed E-state index contributed by atoms with van der Waals surface area (Å²) in [6, 6.07) is 3.77. The number of hydrogen-bond donors (Lipinski definition) is 1. The Morgan fingerprint density at radius 2 is 2.15 bits per heavy atom. The zero-order valence-corrected chi connectivity index (χ0v) is 8.33. The van der Waals surface area contributed by atoms with E-state index in [9.17, 15) is 0 Å². The highest BCUT2D eigenvalue weighted by molar-refractivity contribution is 5.41. The summed E-state index contributed by atoms with van der Waals surface area (Å²) in [6.07, 6.45) is 1.79. The predicted octanol–water partition coefficient (Wildman–Crippen LogP) is 1.99. The van der Waals surface area contributed by atoms with E-state index in [0.717, 1.165) is 6.54 Å². The molecule has 0 bridgehead atoms. The Labute approximate surface area is 78.8 Å². The van der Waals surface area contributed by atoms with E-state index < -0.39 is 0 Å². The van der Waals surface area contributed by atoms with Gasteiger partial charge in [0.1, 0.15) is 11.9 Å². The minimum atomic E-state index is 0.180. The molecule has 0 spiro atoms. The predicted molar refractivity (Wildman–Crippen MR) is 53.0 cm³/mol. The normalized spacial score (nSPS) is 11.2. The fourth-order valence-corrected chi connectivity index (χ4v) is 1.23. The minimum absolute atomic E-state index is 0.180. The van der Waals surface area contributed by atoms with Crippen LogP contribution >= 0.6 is 0 Å². The molecule has 3 nitrogen and oxygen atoms in total. The molecule has 1 aromatic heterocycles. The molecule has 0 amide bonds. The van der Waals surface area contributed by atoms with Crippen LogP contribution in [0.2, 0.25) is 0 Å². The van der Waals surface area contributed by atoms with Crippen LogP contribution in [-0.4, -0.2) is 4.57 Å². The van der Waals surface area contributed by atoms with Gasteiger partial charge in [0.25, 0.3) is 0 Å². The molecule has 1 aromatic rings. The van der Waals surface area contributed by atoms with Crippen LogP contribution in [0.15, 0.2) is 12.3 Å². The number of nitrogens with two attached hydrogens (primary N) is 1. The molecule has 3 heteroatoms. The molecule has 0 radical (unpaired) electrons. The summed E-state index contributed by atoms with van der Waals surface area (Å²) >= 11 is 0. The summed E-state index contributed by atoms with van der Waals surface area (Å²) < 4.78 is 1.92. The Morgan fingerprint density at radius 3 is 2.54 bits per heavy atom. The highest BCUT2D eigenvalue weighted by atomic mass is 15.0. The lowest BCUT2D eigenvalue weighted by Crippen LogP contribution is -2.16. The molecule has 0 saturated heterocycles. The Hall–Kier alpha value is -1.43. The monoisotopic (exact) mass is 177 g/mol. The van der Waals surface area contributed by atoms with Crippen molar-refractivity contribution in [2.45, 2.75) is 27.3 Å². The number of aromatic nitrogens is 1. The molecule has 0 fully saturated rings. The number of anilines is 1. The number of hydrogen-bond acceptors (Lipinski definition) is 2. The van der Waals surface area contributed by atoms with Crippen molar-refractivity contribution < 1.29 is 0 Å².